The van der Waals surface area contributed by atoms with Crippen molar-refractivity contribution in [1.29, 1.82) is 0 Å². The van der Waals surface area contributed by atoms with E-state index in [-0.39, 0.29) is 6.61 Å². The van der Waals surface area contributed by atoms with Crippen molar-refractivity contribution in [1.82, 2.24) is 4.98 Å². The molecule has 1 aromatic heterocycles. The maximum absolute atomic E-state index is 8.96. The highest BCUT2D eigenvalue weighted by molar-refractivity contribution is 7.99. The van der Waals surface area contributed by atoms with Gasteiger partial charge in [-0.25, -0.2) is 4.98 Å². The van der Waals surface area contributed by atoms with E-state index in [9.17, 15) is 0 Å². The molecule has 1 fully saturated rings. The number of rotatable bonds is 2. The molecule has 1 aliphatic heterocycles. The number of aliphatic hydroxyl groups excluding tert-OH is 1. The third-order valence-electron chi connectivity index (χ3n) is 2.25. The molecule has 1 aliphatic rings. The number of nitrogens with zero attached hydrogens (tertiary/aromatic N) is 1. The smallest absolute Gasteiger partial charge is 0.119 e. The summed E-state index contributed by atoms with van der Waals surface area (Å²) in [5.74, 6) is 1.26. The Hall–Kier alpha value is -0.0600. The second-order valence-electron chi connectivity index (χ2n) is 3.21. The van der Waals surface area contributed by atoms with E-state index >= 15 is 0 Å². The minimum Gasteiger partial charge on any atom is -0.389 e. The molecule has 1 aromatic rings. The molecule has 0 aliphatic carbocycles. The molecule has 0 radical (unpaired) electrons. The van der Waals surface area contributed by atoms with E-state index in [0.717, 1.165) is 5.01 Å². The fourth-order valence-corrected chi connectivity index (χ4v) is 3.89. The van der Waals surface area contributed by atoms with Crippen molar-refractivity contribution in [2.24, 2.45) is 0 Å². The van der Waals surface area contributed by atoms with Gasteiger partial charge in [0, 0.05) is 10.1 Å². The fraction of sp³-hybridized carbons (Fsp3) is 0.667. The van der Waals surface area contributed by atoms with Crippen LogP contribution in [0.25, 0.3) is 0 Å². The SMILES string of the molecule is Cc1sc(CO)nc1C1CCCS1. The minimum atomic E-state index is 0.0862. The van der Waals surface area contributed by atoms with Crippen LogP contribution in [0.5, 0.6) is 0 Å². The number of aromatic nitrogens is 1. The predicted octanol–water partition coefficient (Wildman–Crippen LogP) is 2.51. The van der Waals surface area contributed by atoms with Gasteiger partial charge in [0.1, 0.15) is 5.01 Å². The Labute approximate surface area is 86.4 Å². The van der Waals surface area contributed by atoms with Crippen molar-refractivity contribution >= 4 is 23.1 Å². The molecule has 13 heavy (non-hydrogen) atoms. The highest BCUT2D eigenvalue weighted by atomic mass is 32.2. The lowest BCUT2D eigenvalue weighted by atomic mass is 10.2. The molecule has 1 unspecified atom stereocenters. The Morgan fingerprint density at radius 1 is 1.62 bits per heavy atom. The van der Waals surface area contributed by atoms with Crippen molar-refractivity contribution in [3.05, 3.63) is 15.6 Å². The maximum Gasteiger partial charge on any atom is 0.119 e. The summed E-state index contributed by atoms with van der Waals surface area (Å²) in [6.07, 6.45) is 2.56. The summed E-state index contributed by atoms with van der Waals surface area (Å²) in [6.45, 7) is 2.19. The van der Waals surface area contributed by atoms with Gasteiger partial charge in [0.2, 0.25) is 0 Å². The van der Waals surface area contributed by atoms with Gasteiger partial charge in [0.25, 0.3) is 0 Å². The number of thiazole rings is 1. The zero-order chi connectivity index (χ0) is 9.26. The average Bonchev–Trinajstić information content (AvgIpc) is 2.72. The van der Waals surface area contributed by atoms with Crippen molar-refractivity contribution in [2.75, 3.05) is 5.75 Å². The normalized spacial score (nSPS) is 22.5. The van der Waals surface area contributed by atoms with Gasteiger partial charge in [0.15, 0.2) is 0 Å². The van der Waals surface area contributed by atoms with Crippen molar-refractivity contribution in [2.45, 2.75) is 31.6 Å². The van der Waals surface area contributed by atoms with E-state index < -0.39 is 0 Å². The monoisotopic (exact) mass is 215 g/mol. The molecule has 2 nitrogen and oxygen atoms in total. The first-order valence-corrected chi connectivity index (χ1v) is 6.36. The van der Waals surface area contributed by atoms with Crippen LogP contribution in [0.1, 0.15) is 33.7 Å². The summed E-state index contributed by atoms with van der Waals surface area (Å²) in [7, 11) is 0. The van der Waals surface area contributed by atoms with Gasteiger partial charge in [-0.05, 0) is 25.5 Å². The fourth-order valence-electron chi connectivity index (χ4n) is 1.62. The van der Waals surface area contributed by atoms with Crippen LogP contribution in [0.3, 0.4) is 0 Å². The summed E-state index contributed by atoms with van der Waals surface area (Å²) in [5.41, 5.74) is 1.22. The Morgan fingerprint density at radius 3 is 3.00 bits per heavy atom. The number of aliphatic hydroxyl groups is 1. The Balaban J connectivity index is 2.22. The minimum absolute atomic E-state index is 0.0862. The van der Waals surface area contributed by atoms with Gasteiger partial charge in [-0.3, -0.25) is 0 Å². The van der Waals surface area contributed by atoms with Crippen LogP contribution < -0.4 is 0 Å². The van der Waals surface area contributed by atoms with Crippen LogP contribution >= 0.6 is 23.1 Å². The lowest BCUT2D eigenvalue weighted by Gasteiger charge is -2.04. The van der Waals surface area contributed by atoms with Gasteiger partial charge in [-0.15, -0.1) is 11.3 Å². The maximum atomic E-state index is 8.96. The molecule has 0 bridgehead atoms. The zero-order valence-electron chi connectivity index (χ0n) is 7.62. The molecule has 4 heteroatoms. The topological polar surface area (TPSA) is 33.1 Å². The number of aryl methyl sites for hydroxylation is 1. The van der Waals surface area contributed by atoms with Crippen LogP contribution in [-0.4, -0.2) is 15.8 Å². The third-order valence-corrected chi connectivity index (χ3v) is 4.60. The van der Waals surface area contributed by atoms with Gasteiger partial charge in [0.05, 0.1) is 12.3 Å². The van der Waals surface area contributed by atoms with E-state index in [1.807, 2.05) is 11.8 Å². The third kappa shape index (κ3) is 1.90. The van der Waals surface area contributed by atoms with E-state index in [4.69, 9.17) is 5.11 Å². The Bertz CT molecular complexity index is 292. The van der Waals surface area contributed by atoms with Gasteiger partial charge < -0.3 is 5.11 Å². The predicted molar refractivity (Wildman–Crippen MR) is 57.2 cm³/mol. The molecular weight excluding hydrogens is 202 g/mol. The Kier molecular flexibility index (Phi) is 2.91. The molecule has 1 N–H and O–H groups in total. The lowest BCUT2D eigenvalue weighted by Crippen LogP contribution is -1.92. The number of hydrogen-bond acceptors (Lipinski definition) is 4. The zero-order valence-corrected chi connectivity index (χ0v) is 9.25. The first-order valence-electron chi connectivity index (χ1n) is 4.50. The van der Waals surface area contributed by atoms with Crippen LogP contribution in [0.15, 0.2) is 0 Å². The second kappa shape index (κ2) is 3.98. The summed E-state index contributed by atoms with van der Waals surface area (Å²) >= 11 is 3.62. The van der Waals surface area contributed by atoms with Crippen LogP contribution in [0.4, 0.5) is 0 Å². The molecular formula is C9H13NOS2. The van der Waals surface area contributed by atoms with Gasteiger partial charge in [-0.2, -0.15) is 11.8 Å². The molecule has 0 amide bonds. The molecule has 2 rings (SSSR count). The summed E-state index contributed by atoms with van der Waals surface area (Å²) in [6, 6.07) is 0. The summed E-state index contributed by atoms with van der Waals surface area (Å²) in [4.78, 5) is 5.74. The number of thioether (sulfide) groups is 1. The molecule has 0 aromatic carbocycles. The highest BCUT2D eigenvalue weighted by Gasteiger charge is 2.22. The quantitative estimate of drug-likeness (QED) is 0.823. The first kappa shape index (κ1) is 9.49. The standard InChI is InChI=1S/C9H13NOS2/c1-6-9(7-3-2-4-12-7)10-8(5-11)13-6/h7,11H,2-5H2,1H3. The van der Waals surface area contributed by atoms with Crippen molar-refractivity contribution in [3.8, 4) is 0 Å². The van der Waals surface area contributed by atoms with Crippen LogP contribution in [0, 0.1) is 6.92 Å². The van der Waals surface area contributed by atoms with Crippen molar-refractivity contribution in [3.63, 3.8) is 0 Å². The van der Waals surface area contributed by atoms with E-state index in [0.29, 0.717) is 5.25 Å². The van der Waals surface area contributed by atoms with E-state index in [2.05, 4.69) is 11.9 Å². The summed E-state index contributed by atoms with van der Waals surface area (Å²) < 4.78 is 0. The van der Waals surface area contributed by atoms with E-state index in [1.54, 1.807) is 11.3 Å². The molecule has 2 heterocycles. The molecule has 1 atom stereocenters. The molecule has 72 valence electrons. The molecule has 0 saturated carbocycles. The largest absolute Gasteiger partial charge is 0.389 e. The van der Waals surface area contributed by atoms with Gasteiger partial charge in [-0.1, -0.05) is 0 Å². The van der Waals surface area contributed by atoms with Crippen LogP contribution in [-0.2, 0) is 6.61 Å². The van der Waals surface area contributed by atoms with E-state index in [1.165, 1.54) is 29.2 Å². The number of hydrogen-bond donors (Lipinski definition) is 1. The summed E-state index contributed by atoms with van der Waals surface area (Å²) in [5, 5.41) is 10.4. The molecule has 0 spiro atoms. The van der Waals surface area contributed by atoms with Crippen molar-refractivity contribution < 1.29 is 5.11 Å². The second-order valence-corrected chi connectivity index (χ2v) is 5.81. The lowest BCUT2D eigenvalue weighted by molar-refractivity contribution is 0.281. The molecule has 1 saturated heterocycles. The highest BCUT2D eigenvalue weighted by Crippen LogP contribution is 2.41. The average molecular weight is 215 g/mol. The van der Waals surface area contributed by atoms with Crippen LogP contribution in [0.2, 0.25) is 0 Å². The first-order chi connectivity index (χ1) is 6.31. The van der Waals surface area contributed by atoms with Gasteiger partial charge >= 0.3 is 0 Å². The Morgan fingerprint density at radius 2 is 2.46 bits per heavy atom.